The average molecular weight is 468 g/mol. The molecule has 1 saturated carbocycles. The Morgan fingerprint density at radius 3 is 2.44 bits per heavy atom. The zero-order valence-electron chi connectivity index (χ0n) is 19.0. The van der Waals surface area contributed by atoms with Crippen molar-refractivity contribution in [2.45, 2.75) is 63.1 Å². The molecule has 0 amide bonds. The Hall–Kier alpha value is -2.92. The molecule has 3 N–H and O–H groups in total. The van der Waals surface area contributed by atoms with Gasteiger partial charge in [0.2, 0.25) is 0 Å². The lowest BCUT2D eigenvalue weighted by molar-refractivity contribution is -0.137. The van der Waals surface area contributed by atoms with Gasteiger partial charge in [0.05, 0.1) is 23.0 Å². The molecule has 0 aliphatic heterocycles. The van der Waals surface area contributed by atoms with Crippen LogP contribution in [0.3, 0.4) is 0 Å². The molecule has 1 aliphatic rings. The van der Waals surface area contributed by atoms with Crippen molar-refractivity contribution in [3.05, 3.63) is 101 Å². The molecular weight excluding hydrogens is 439 g/mol. The molecule has 0 radical (unpaired) electrons. The first-order valence-electron chi connectivity index (χ1n) is 11.5. The predicted molar refractivity (Wildman–Crippen MR) is 124 cm³/mol. The third-order valence-corrected chi connectivity index (χ3v) is 6.40. The maximum atomic E-state index is 13.7. The Balaban J connectivity index is 1.86. The number of hydrogen-bond acceptors (Lipinski definition) is 4. The van der Waals surface area contributed by atoms with Crippen LogP contribution in [-0.2, 0) is 18.1 Å². The van der Waals surface area contributed by atoms with Crippen molar-refractivity contribution < 1.29 is 18.3 Å². The van der Waals surface area contributed by atoms with E-state index in [4.69, 9.17) is 0 Å². The van der Waals surface area contributed by atoms with E-state index in [-0.39, 0.29) is 12.5 Å². The average Bonchev–Trinajstić information content (AvgIpc) is 3.32. The smallest absolute Gasteiger partial charge is 0.365 e. The van der Waals surface area contributed by atoms with E-state index in [1.54, 1.807) is 13.0 Å². The molecule has 34 heavy (non-hydrogen) atoms. The fourth-order valence-electron chi connectivity index (χ4n) is 4.80. The van der Waals surface area contributed by atoms with Crippen LogP contribution in [0.1, 0.15) is 53.6 Å². The normalized spacial score (nSPS) is 17.2. The molecule has 178 valence electrons. The summed E-state index contributed by atoms with van der Waals surface area (Å²) < 4.78 is 41.1. The largest absolute Gasteiger partial charge is 0.416 e. The molecule has 2 aromatic carbocycles. The van der Waals surface area contributed by atoms with Gasteiger partial charge in [0.15, 0.2) is 6.35 Å². The number of rotatable bonds is 8. The van der Waals surface area contributed by atoms with Crippen molar-refractivity contribution >= 4 is 0 Å². The lowest BCUT2D eigenvalue weighted by Gasteiger charge is -2.39. The van der Waals surface area contributed by atoms with E-state index in [1.165, 1.54) is 12.3 Å². The van der Waals surface area contributed by atoms with E-state index < -0.39 is 23.6 Å². The molecule has 1 aromatic heterocycles. The number of nitrogens with one attached hydrogen (secondary N) is 2. The Morgan fingerprint density at radius 2 is 1.76 bits per heavy atom. The lowest BCUT2D eigenvalue weighted by atomic mass is 9.78. The third-order valence-electron chi connectivity index (χ3n) is 6.40. The first kappa shape index (κ1) is 24.2. The Bertz CT molecular complexity index is 1080. The van der Waals surface area contributed by atoms with Crippen molar-refractivity contribution in [2.24, 2.45) is 0 Å². The van der Waals surface area contributed by atoms with E-state index in [9.17, 15) is 18.3 Å². The van der Waals surface area contributed by atoms with Crippen LogP contribution in [0, 0.1) is 19.1 Å². The molecule has 0 spiro atoms. The fraction of sp³-hybridized carbons (Fsp3) is 0.370. The fourth-order valence-corrected chi connectivity index (χ4v) is 4.80. The zero-order chi connectivity index (χ0) is 24.2. The third kappa shape index (κ3) is 5.41. The summed E-state index contributed by atoms with van der Waals surface area (Å²) in [6, 6.07) is 20.6. The number of benzene rings is 2. The first-order valence-corrected chi connectivity index (χ1v) is 11.5. The number of aliphatic hydroxyl groups is 1. The van der Waals surface area contributed by atoms with Crippen LogP contribution >= 0.6 is 0 Å². The second-order valence-corrected chi connectivity index (χ2v) is 8.84. The van der Waals surface area contributed by atoms with E-state index >= 15 is 0 Å². The van der Waals surface area contributed by atoms with Gasteiger partial charge >= 0.3 is 6.18 Å². The van der Waals surface area contributed by atoms with E-state index in [0.717, 1.165) is 43.4 Å². The SMILES string of the molecule is Cc1c#ccnc1C(Cc1ccccc1)(N[C@@H](O)NC1CCCC1)c1cccc(C(F)(F)F)c1. The minimum atomic E-state index is -4.51. The van der Waals surface area contributed by atoms with Gasteiger partial charge in [-0.05, 0) is 49.1 Å². The van der Waals surface area contributed by atoms with Crippen LogP contribution < -0.4 is 10.6 Å². The van der Waals surface area contributed by atoms with Gasteiger partial charge in [0.1, 0.15) is 0 Å². The Labute approximate surface area is 198 Å². The molecule has 4 nitrogen and oxygen atoms in total. The Morgan fingerprint density at radius 1 is 1.06 bits per heavy atom. The second-order valence-electron chi connectivity index (χ2n) is 8.84. The highest BCUT2D eigenvalue weighted by Crippen LogP contribution is 2.37. The van der Waals surface area contributed by atoms with Crippen molar-refractivity contribution in [2.75, 3.05) is 0 Å². The lowest BCUT2D eigenvalue weighted by Crippen LogP contribution is -2.57. The number of nitrogens with zero attached hydrogens (tertiary/aromatic N) is 1. The van der Waals surface area contributed by atoms with Gasteiger partial charge in [-0.1, -0.05) is 61.4 Å². The molecule has 4 rings (SSSR count). The summed E-state index contributed by atoms with van der Waals surface area (Å²) >= 11 is 0. The summed E-state index contributed by atoms with van der Waals surface area (Å²) in [5, 5.41) is 17.5. The number of hydrogen-bond donors (Lipinski definition) is 3. The first-order chi connectivity index (χ1) is 16.3. The number of halogens is 3. The van der Waals surface area contributed by atoms with Crippen LogP contribution in [-0.4, -0.2) is 22.5 Å². The second kappa shape index (κ2) is 10.1. The standard InChI is InChI=1S/C27H28F3N3O/c1-19-9-8-16-31-24(19)26(18-20-10-3-2-4-11-20,33-25(34)32-23-14-5-6-15-23)21-12-7-13-22(17-21)27(28,29)30/h2-4,7,10-13,16-17,23,25,32-34H,5-6,14-15,18H2,1H3/t25-,26?/m0/s1. The van der Waals surface area contributed by atoms with Crippen LogP contribution in [0.15, 0.2) is 60.8 Å². The van der Waals surface area contributed by atoms with Crippen molar-refractivity contribution in [1.82, 2.24) is 15.6 Å². The Kier molecular flexibility index (Phi) is 7.22. The van der Waals surface area contributed by atoms with Crippen LogP contribution in [0.25, 0.3) is 0 Å². The molecular formula is C27H28F3N3O. The summed E-state index contributed by atoms with van der Waals surface area (Å²) in [4.78, 5) is 4.53. The van der Waals surface area contributed by atoms with E-state index in [1.807, 2.05) is 30.3 Å². The topological polar surface area (TPSA) is 57.2 Å². The number of alkyl halides is 3. The van der Waals surface area contributed by atoms with Crippen LogP contribution in [0.4, 0.5) is 13.2 Å². The molecule has 1 unspecified atom stereocenters. The molecule has 3 aromatic rings. The summed E-state index contributed by atoms with van der Waals surface area (Å²) in [5.74, 6) is 0. The van der Waals surface area contributed by atoms with E-state index in [2.05, 4.69) is 27.8 Å². The minimum Gasteiger partial charge on any atom is -0.365 e. The van der Waals surface area contributed by atoms with E-state index in [0.29, 0.717) is 16.8 Å². The summed E-state index contributed by atoms with van der Waals surface area (Å²) in [5.41, 5.74) is 0.344. The maximum absolute atomic E-state index is 13.7. The molecule has 7 heteroatoms. The molecule has 1 aliphatic carbocycles. The minimum absolute atomic E-state index is 0.142. The van der Waals surface area contributed by atoms with Gasteiger partial charge < -0.3 is 5.11 Å². The van der Waals surface area contributed by atoms with Gasteiger partial charge in [0, 0.05) is 18.0 Å². The summed E-state index contributed by atoms with van der Waals surface area (Å²) in [6.07, 6.45) is 0.103. The maximum Gasteiger partial charge on any atom is 0.416 e. The molecule has 1 fully saturated rings. The predicted octanol–water partition coefficient (Wildman–Crippen LogP) is 4.89. The van der Waals surface area contributed by atoms with Gasteiger partial charge in [0.25, 0.3) is 0 Å². The monoisotopic (exact) mass is 467 g/mol. The van der Waals surface area contributed by atoms with Gasteiger partial charge in [-0.15, -0.1) is 0 Å². The quantitative estimate of drug-likeness (QED) is 0.413. The van der Waals surface area contributed by atoms with Crippen molar-refractivity contribution in [3.63, 3.8) is 0 Å². The number of aliphatic hydroxyl groups excluding tert-OH is 1. The highest BCUT2D eigenvalue weighted by Gasteiger charge is 2.41. The van der Waals surface area contributed by atoms with Crippen molar-refractivity contribution in [1.29, 1.82) is 0 Å². The number of aromatic nitrogens is 1. The van der Waals surface area contributed by atoms with Gasteiger partial charge in [-0.25, -0.2) is 4.98 Å². The molecule has 1 heterocycles. The van der Waals surface area contributed by atoms with Gasteiger partial charge in [-0.2, -0.15) is 13.2 Å². The van der Waals surface area contributed by atoms with Crippen LogP contribution in [0.2, 0.25) is 0 Å². The molecule has 0 saturated heterocycles. The highest BCUT2D eigenvalue weighted by atomic mass is 19.4. The highest BCUT2D eigenvalue weighted by molar-refractivity contribution is 5.42. The van der Waals surface area contributed by atoms with Crippen molar-refractivity contribution in [3.8, 4) is 0 Å². The molecule has 0 bridgehead atoms. The van der Waals surface area contributed by atoms with Gasteiger partial charge in [-0.3, -0.25) is 10.6 Å². The van der Waals surface area contributed by atoms with Crippen LogP contribution in [0.5, 0.6) is 0 Å². The molecule has 2 atom stereocenters. The summed E-state index contributed by atoms with van der Waals surface area (Å²) in [7, 11) is 0. The zero-order valence-corrected chi connectivity index (χ0v) is 19.0. The summed E-state index contributed by atoms with van der Waals surface area (Å²) in [6.45, 7) is 1.80.